The molecule has 1 aromatic heterocycles. The van der Waals surface area contributed by atoms with Gasteiger partial charge in [-0.25, -0.2) is 4.79 Å². The maximum absolute atomic E-state index is 13.1. The van der Waals surface area contributed by atoms with E-state index in [9.17, 15) is 19.5 Å². The van der Waals surface area contributed by atoms with Gasteiger partial charge in [0, 0.05) is 23.4 Å². The number of hydrogen-bond acceptors (Lipinski definition) is 7. The van der Waals surface area contributed by atoms with E-state index in [-0.39, 0.29) is 23.8 Å². The number of amides is 2. The molecule has 0 radical (unpaired) electrons. The minimum atomic E-state index is -0.976. The molecule has 9 heteroatoms. The lowest BCUT2D eigenvalue weighted by Gasteiger charge is -2.24. The summed E-state index contributed by atoms with van der Waals surface area (Å²) in [5.41, 5.74) is 1.86. The zero-order chi connectivity index (χ0) is 25.7. The number of phenols is 1. The van der Waals surface area contributed by atoms with Crippen molar-refractivity contribution in [2.45, 2.75) is 39.3 Å². The summed E-state index contributed by atoms with van der Waals surface area (Å²) in [5.74, 6) is -1.19. The van der Waals surface area contributed by atoms with Crippen LogP contribution in [0.15, 0.2) is 46.9 Å². The number of esters is 1. The number of aromatic hydroxyl groups is 1. The van der Waals surface area contributed by atoms with E-state index < -0.39 is 29.9 Å². The molecule has 3 rings (SSSR count). The number of benzene rings is 2. The number of nitrogens with one attached hydrogen (secondary N) is 2. The van der Waals surface area contributed by atoms with Crippen LogP contribution < -0.4 is 15.4 Å². The number of methoxy groups -OCH3 is 2. The largest absolute Gasteiger partial charge is 0.508 e. The van der Waals surface area contributed by atoms with Crippen LogP contribution in [0.5, 0.6) is 11.5 Å². The highest BCUT2D eigenvalue weighted by Crippen LogP contribution is 2.28. The topological polar surface area (TPSA) is 127 Å². The maximum Gasteiger partial charge on any atom is 0.328 e. The van der Waals surface area contributed by atoms with Gasteiger partial charge >= 0.3 is 5.97 Å². The normalized spacial score (nSPS) is 12.7. The van der Waals surface area contributed by atoms with Crippen molar-refractivity contribution >= 4 is 28.8 Å². The Kier molecular flexibility index (Phi) is 8.01. The number of aryl methyl sites for hydroxylation is 1. The Labute approximate surface area is 203 Å². The first kappa shape index (κ1) is 25.6. The zero-order valence-corrected chi connectivity index (χ0v) is 20.4. The molecule has 0 fully saturated rings. The van der Waals surface area contributed by atoms with Crippen LogP contribution in [0.4, 0.5) is 0 Å². The second kappa shape index (κ2) is 10.9. The van der Waals surface area contributed by atoms with Crippen LogP contribution >= 0.6 is 0 Å². The molecule has 1 heterocycles. The summed E-state index contributed by atoms with van der Waals surface area (Å²) < 4.78 is 15.8. The number of carbonyl (C=O) groups excluding carboxylic acids is 3. The Bertz CT molecular complexity index is 1210. The van der Waals surface area contributed by atoms with Crippen molar-refractivity contribution in [2.24, 2.45) is 5.92 Å². The second-order valence-electron chi connectivity index (χ2n) is 8.57. The van der Waals surface area contributed by atoms with E-state index in [0.29, 0.717) is 16.9 Å². The third-order valence-corrected chi connectivity index (χ3v) is 5.77. The Morgan fingerprint density at radius 1 is 1.03 bits per heavy atom. The van der Waals surface area contributed by atoms with Crippen LogP contribution in [-0.2, 0) is 20.7 Å². The fraction of sp³-hybridized carbons (Fsp3) is 0.346. The van der Waals surface area contributed by atoms with Crippen LogP contribution in [0.3, 0.4) is 0 Å². The van der Waals surface area contributed by atoms with Crippen LogP contribution in [0, 0.1) is 12.8 Å². The van der Waals surface area contributed by atoms with Gasteiger partial charge in [-0.1, -0.05) is 26.0 Å². The molecule has 2 aromatic carbocycles. The maximum atomic E-state index is 13.1. The minimum Gasteiger partial charge on any atom is -0.508 e. The molecule has 35 heavy (non-hydrogen) atoms. The predicted octanol–water partition coefficient (Wildman–Crippen LogP) is 3.11. The molecule has 0 saturated heterocycles. The smallest absolute Gasteiger partial charge is 0.328 e. The molecule has 9 nitrogen and oxygen atoms in total. The number of phenolic OH excluding ortho intramolecular Hbond substituents is 1. The lowest BCUT2D eigenvalue weighted by Crippen LogP contribution is -2.54. The second-order valence-corrected chi connectivity index (χ2v) is 8.57. The first-order valence-corrected chi connectivity index (χ1v) is 11.2. The molecule has 3 N–H and O–H groups in total. The van der Waals surface area contributed by atoms with Gasteiger partial charge in [0.05, 0.1) is 14.2 Å². The zero-order valence-electron chi connectivity index (χ0n) is 20.4. The van der Waals surface area contributed by atoms with Gasteiger partial charge in [-0.15, -0.1) is 0 Å². The summed E-state index contributed by atoms with van der Waals surface area (Å²) in [6.45, 7) is 5.34. The third-order valence-electron chi connectivity index (χ3n) is 5.77. The Morgan fingerprint density at radius 2 is 1.71 bits per heavy atom. The van der Waals surface area contributed by atoms with Crippen molar-refractivity contribution in [1.29, 1.82) is 0 Å². The quantitative estimate of drug-likeness (QED) is 0.400. The average Bonchev–Trinajstić information content (AvgIpc) is 3.18. The van der Waals surface area contributed by atoms with Gasteiger partial charge in [-0.2, -0.15) is 0 Å². The van der Waals surface area contributed by atoms with Crippen LogP contribution in [0.1, 0.15) is 35.5 Å². The Balaban J connectivity index is 1.78. The summed E-state index contributed by atoms with van der Waals surface area (Å²) in [7, 11) is 2.78. The van der Waals surface area contributed by atoms with Gasteiger partial charge in [-0.3, -0.25) is 9.59 Å². The number of fused-ring (bicyclic) bond motifs is 1. The van der Waals surface area contributed by atoms with Gasteiger partial charge < -0.3 is 29.6 Å². The lowest BCUT2D eigenvalue weighted by molar-refractivity contribution is -0.145. The summed E-state index contributed by atoms with van der Waals surface area (Å²) in [6, 6.07) is 9.65. The number of carbonyl (C=O) groups is 3. The fourth-order valence-electron chi connectivity index (χ4n) is 3.76. The SMILES string of the molecule is COC(=O)[C@H](Cc1ccc(O)cc1)NC(=O)[C@H](NC(=O)c1oc2cc(OC)ccc2c1C)C(C)C. The Hall–Kier alpha value is -4.01. The highest BCUT2D eigenvalue weighted by molar-refractivity contribution is 6.01. The molecular weight excluding hydrogens is 452 g/mol. The van der Waals surface area contributed by atoms with Gasteiger partial charge in [-0.05, 0) is 42.7 Å². The van der Waals surface area contributed by atoms with Crippen molar-refractivity contribution in [2.75, 3.05) is 14.2 Å². The standard InChI is InChI=1S/C26H30N2O7/c1-14(2)22(24(30)27-20(26(32)34-5)12-16-6-8-17(29)9-7-16)28-25(31)23-15(3)19-11-10-18(33-4)13-21(19)35-23/h6-11,13-14,20,22,29H,12H2,1-5H3,(H,27,30)(H,28,31)/t20-,22+/m0/s1. The molecule has 0 spiro atoms. The molecule has 0 aliphatic heterocycles. The van der Waals surface area contributed by atoms with Gasteiger partial charge in [0.1, 0.15) is 29.2 Å². The molecule has 3 aromatic rings. The Morgan fingerprint density at radius 3 is 2.31 bits per heavy atom. The third kappa shape index (κ3) is 5.92. The molecule has 0 aliphatic rings. The molecule has 2 amide bonds. The molecule has 0 unspecified atom stereocenters. The fourth-order valence-corrected chi connectivity index (χ4v) is 3.76. The van der Waals surface area contributed by atoms with Crippen LogP contribution in [0.25, 0.3) is 11.0 Å². The highest BCUT2D eigenvalue weighted by atomic mass is 16.5. The van der Waals surface area contributed by atoms with Gasteiger partial charge in [0.25, 0.3) is 5.91 Å². The van der Waals surface area contributed by atoms with E-state index in [1.54, 1.807) is 58.2 Å². The van der Waals surface area contributed by atoms with E-state index in [2.05, 4.69) is 10.6 Å². The van der Waals surface area contributed by atoms with E-state index in [1.807, 2.05) is 0 Å². The van der Waals surface area contributed by atoms with E-state index >= 15 is 0 Å². The van der Waals surface area contributed by atoms with Crippen LogP contribution in [-0.4, -0.2) is 49.2 Å². The monoisotopic (exact) mass is 482 g/mol. The predicted molar refractivity (Wildman–Crippen MR) is 129 cm³/mol. The van der Waals surface area contributed by atoms with Crippen molar-refractivity contribution in [3.8, 4) is 11.5 Å². The molecule has 0 aliphatic carbocycles. The summed E-state index contributed by atoms with van der Waals surface area (Å²) >= 11 is 0. The first-order valence-electron chi connectivity index (χ1n) is 11.2. The molecule has 0 bridgehead atoms. The van der Waals surface area contributed by atoms with Crippen molar-refractivity contribution in [3.63, 3.8) is 0 Å². The molecule has 0 saturated carbocycles. The van der Waals surface area contributed by atoms with E-state index in [0.717, 1.165) is 10.9 Å². The van der Waals surface area contributed by atoms with Gasteiger partial charge in [0.2, 0.25) is 5.91 Å². The highest BCUT2D eigenvalue weighted by Gasteiger charge is 2.31. The van der Waals surface area contributed by atoms with Crippen molar-refractivity contribution in [3.05, 3.63) is 59.4 Å². The first-order chi connectivity index (χ1) is 16.6. The summed E-state index contributed by atoms with van der Waals surface area (Å²) in [4.78, 5) is 38.6. The van der Waals surface area contributed by atoms with Crippen LogP contribution in [0.2, 0.25) is 0 Å². The molecular formula is C26H30N2O7. The number of ether oxygens (including phenoxy) is 2. The minimum absolute atomic E-state index is 0.0920. The summed E-state index contributed by atoms with van der Waals surface area (Å²) in [6.07, 6.45) is 0.155. The molecule has 2 atom stereocenters. The van der Waals surface area contributed by atoms with Crippen molar-refractivity contribution in [1.82, 2.24) is 10.6 Å². The lowest BCUT2D eigenvalue weighted by atomic mass is 10.0. The number of furan rings is 1. The van der Waals surface area contributed by atoms with E-state index in [1.165, 1.54) is 19.2 Å². The summed E-state index contributed by atoms with van der Waals surface area (Å²) in [5, 5.41) is 15.7. The van der Waals surface area contributed by atoms with Gasteiger partial charge in [0.15, 0.2) is 5.76 Å². The number of rotatable bonds is 9. The van der Waals surface area contributed by atoms with Crippen molar-refractivity contribution < 1.29 is 33.4 Å². The van der Waals surface area contributed by atoms with E-state index in [4.69, 9.17) is 13.9 Å². The molecule has 186 valence electrons. The number of hydrogen-bond donors (Lipinski definition) is 3. The average molecular weight is 483 g/mol.